The molecule has 0 aliphatic rings. The number of rotatable bonds is 5. The van der Waals surface area contributed by atoms with Gasteiger partial charge in [-0.15, -0.1) is 0 Å². The van der Waals surface area contributed by atoms with Gasteiger partial charge < -0.3 is 4.74 Å². The predicted molar refractivity (Wildman–Crippen MR) is 85.1 cm³/mol. The number of hydrogen-bond acceptors (Lipinski definition) is 4. The molecule has 0 spiro atoms. The fourth-order valence-corrected chi connectivity index (χ4v) is 3.62. The second-order valence-electron chi connectivity index (χ2n) is 4.30. The first-order valence-electron chi connectivity index (χ1n) is 6.31. The topological polar surface area (TPSA) is 68.3 Å². The van der Waals surface area contributed by atoms with Crippen LogP contribution in [0.3, 0.4) is 0 Å². The van der Waals surface area contributed by atoms with E-state index in [0.717, 1.165) is 0 Å². The minimum absolute atomic E-state index is 0.211. The number of hydrogen-bond donors (Lipinski definition) is 1. The highest BCUT2D eigenvalue weighted by molar-refractivity contribution is 9.10. The molecule has 2 rings (SSSR count). The molecule has 0 bridgehead atoms. The molecule has 0 aliphatic carbocycles. The highest BCUT2D eigenvalue weighted by Crippen LogP contribution is 2.26. The largest absolute Gasteiger partial charge is 0.476 e. The summed E-state index contributed by atoms with van der Waals surface area (Å²) in [6.07, 6.45) is 1.55. The van der Waals surface area contributed by atoms with Gasteiger partial charge in [0.15, 0.2) is 0 Å². The summed E-state index contributed by atoms with van der Waals surface area (Å²) in [5.74, 6) is 0.260. The summed E-state index contributed by atoms with van der Waals surface area (Å²) in [5.41, 5.74) is 0.978. The van der Waals surface area contributed by atoms with Crippen molar-refractivity contribution in [1.82, 2.24) is 4.98 Å². The number of halogens is 1. The molecule has 1 aromatic carbocycles. The molecular formula is C14H15BrN2O3S. The number of sulfonamides is 1. The molecule has 1 heterocycles. The molecule has 5 nitrogen and oxygen atoms in total. The molecule has 0 amide bonds. The molecule has 112 valence electrons. The van der Waals surface area contributed by atoms with Crippen molar-refractivity contribution in [2.45, 2.75) is 18.7 Å². The highest BCUT2D eigenvalue weighted by atomic mass is 79.9. The van der Waals surface area contributed by atoms with Crippen LogP contribution in [0.15, 0.2) is 45.9 Å². The molecule has 0 radical (unpaired) electrons. The van der Waals surface area contributed by atoms with Crippen LogP contribution in [0.25, 0.3) is 0 Å². The number of ether oxygens (including phenoxy) is 1. The number of aromatic nitrogens is 1. The lowest BCUT2D eigenvalue weighted by Gasteiger charge is -2.13. The van der Waals surface area contributed by atoms with Crippen molar-refractivity contribution in [3.63, 3.8) is 0 Å². The van der Waals surface area contributed by atoms with Gasteiger partial charge >= 0.3 is 0 Å². The molecule has 0 saturated carbocycles. The standard InChI is InChI=1S/C14H15BrN2O3S/c1-3-20-14-12(5-4-8-16-14)17-21(18,19)13-9-11(15)7-6-10(13)2/h4-9,17H,3H2,1-2H3. The van der Waals surface area contributed by atoms with Crippen molar-refractivity contribution in [2.75, 3.05) is 11.3 Å². The molecule has 0 aliphatic heterocycles. The Balaban J connectivity index is 2.40. The summed E-state index contributed by atoms with van der Waals surface area (Å²) in [6.45, 7) is 3.96. The van der Waals surface area contributed by atoms with Crippen LogP contribution in [-0.4, -0.2) is 20.0 Å². The molecule has 0 fully saturated rings. The van der Waals surface area contributed by atoms with E-state index in [-0.39, 0.29) is 10.8 Å². The van der Waals surface area contributed by atoms with Gasteiger partial charge in [0.05, 0.1) is 11.5 Å². The SMILES string of the molecule is CCOc1ncccc1NS(=O)(=O)c1cc(Br)ccc1C. The zero-order valence-corrected chi connectivity index (χ0v) is 14.0. The second-order valence-corrected chi connectivity index (χ2v) is 6.87. The van der Waals surface area contributed by atoms with Gasteiger partial charge in [0.1, 0.15) is 5.69 Å². The second kappa shape index (κ2) is 6.44. The third-order valence-corrected chi connectivity index (χ3v) is 4.74. The van der Waals surface area contributed by atoms with Crippen molar-refractivity contribution < 1.29 is 13.2 Å². The van der Waals surface area contributed by atoms with E-state index in [1.165, 1.54) is 0 Å². The van der Waals surface area contributed by atoms with Crippen LogP contribution < -0.4 is 9.46 Å². The lowest BCUT2D eigenvalue weighted by atomic mass is 10.2. The van der Waals surface area contributed by atoms with E-state index < -0.39 is 10.0 Å². The smallest absolute Gasteiger partial charge is 0.262 e. The Morgan fingerprint density at radius 1 is 1.33 bits per heavy atom. The fraction of sp³-hybridized carbons (Fsp3) is 0.214. The summed E-state index contributed by atoms with van der Waals surface area (Å²) >= 11 is 3.28. The number of nitrogens with zero attached hydrogens (tertiary/aromatic N) is 1. The average Bonchev–Trinajstić information content (AvgIpc) is 2.43. The summed E-state index contributed by atoms with van der Waals surface area (Å²) in [7, 11) is -3.71. The minimum atomic E-state index is -3.71. The van der Waals surface area contributed by atoms with Crippen LogP contribution in [0.4, 0.5) is 5.69 Å². The van der Waals surface area contributed by atoms with Gasteiger partial charge in [0, 0.05) is 10.7 Å². The quantitative estimate of drug-likeness (QED) is 0.875. The monoisotopic (exact) mass is 370 g/mol. The summed E-state index contributed by atoms with van der Waals surface area (Å²) in [6, 6.07) is 8.36. The minimum Gasteiger partial charge on any atom is -0.476 e. The molecular weight excluding hydrogens is 356 g/mol. The molecule has 7 heteroatoms. The first kappa shape index (κ1) is 15.8. The van der Waals surface area contributed by atoms with E-state index in [9.17, 15) is 8.42 Å². The predicted octanol–water partition coefficient (Wildman–Crippen LogP) is 3.35. The molecule has 2 aromatic rings. The maximum Gasteiger partial charge on any atom is 0.262 e. The van der Waals surface area contributed by atoms with E-state index >= 15 is 0 Å². The molecule has 0 atom stereocenters. The zero-order chi connectivity index (χ0) is 15.5. The Kier molecular flexibility index (Phi) is 4.84. The van der Waals surface area contributed by atoms with Crippen LogP contribution in [0, 0.1) is 6.92 Å². The number of nitrogens with one attached hydrogen (secondary N) is 1. The zero-order valence-electron chi connectivity index (χ0n) is 11.6. The Labute approximate surface area is 132 Å². The van der Waals surface area contributed by atoms with E-state index in [0.29, 0.717) is 22.3 Å². The van der Waals surface area contributed by atoms with Gasteiger partial charge in [0.25, 0.3) is 10.0 Å². The molecule has 1 N–H and O–H groups in total. The van der Waals surface area contributed by atoms with Crippen molar-refractivity contribution in [3.8, 4) is 5.88 Å². The third-order valence-electron chi connectivity index (χ3n) is 2.74. The van der Waals surface area contributed by atoms with Crippen LogP contribution in [0.1, 0.15) is 12.5 Å². The van der Waals surface area contributed by atoms with Crippen LogP contribution in [-0.2, 0) is 10.0 Å². The first-order chi connectivity index (χ1) is 9.94. The van der Waals surface area contributed by atoms with E-state index in [1.54, 1.807) is 43.5 Å². The Bertz CT molecular complexity index is 748. The van der Waals surface area contributed by atoms with Crippen molar-refractivity contribution in [3.05, 3.63) is 46.6 Å². The maximum atomic E-state index is 12.5. The lowest BCUT2D eigenvalue weighted by molar-refractivity contribution is 0.329. The summed E-state index contributed by atoms with van der Waals surface area (Å²) in [5, 5.41) is 0. The van der Waals surface area contributed by atoms with Gasteiger partial charge in [-0.25, -0.2) is 13.4 Å². The van der Waals surface area contributed by atoms with Crippen LogP contribution in [0.5, 0.6) is 5.88 Å². The van der Waals surface area contributed by atoms with Gasteiger partial charge in [-0.2, -0.15) is 0 Å². The third kappa shape index (κ3) is 3.74. The van der Waals surface area contributed by atoms with Crippen molar-refractivity contribution in [2.24, 2.45) is 0 Å². The van der Waals surface area contributed by atoms with Crippen molar-refractivity contribution in [1.29, 1.82) is 0 Å². The Morgan fingerprint density at radius 3 is 2.81 bits per heavy atom. The summed E-state index contributed by atoms with van der Waals surface area (Å²) in [4.78, 5) is 4.24. The summed E-state index contributed by atoms with van der Waals surface area (Å²) < 4.78 is 33.6. The van der Waals surface area contributed by atoms with Gasteiger partial charge in [0.2, 0.25) is 5.88 Å². The fourth-order valence-electron chi connectivity index (χ4n) is 1.78. The van der Waals surface area contributed by atoms with E-state index in [4.69, 9.17) is 4.74 Å². The highest BCUT2D eigenvalue weighted by Gasteiger charge is 2.19. The lowest BCUT2D eigenvalue weighted by Crippen LogP contribution is -2.15. The van der Waals surface area contributed by atoms with Gasteiger partial charge in [-0.1, -0.05) is 22.0 Å². The van der Waals surface area contributed by atoms with E-state index in [2.05, 4.69) is 25.6 Å². The average molecular weight is 371 g/mol. The maximum absolute atomic E-state index is 12.5. The van der Waals surface area contributed by atoms with E-state index in [1.807, 2.05) is 6.92 Å². The molecule has 1 aromatic heterocycles. The van der Waals surface area contributed by atoms with Gasteiger partial charge in [-0.3, -0.25) is 4.72 Å². The molecule has 21 heavy (non-hydrogen) atoms. The number of pyridine rings is 1. The molecule has 0 unspecified atom stereocenters. The number of aryl methyl sites for hydroxylation is 1. The first-order valence-corrected chi connectivity index (χ1v) is 8.58. The van der Waals surface area contributed by atoms with Crippen LogP contribution >= 0.6 is 15.9 Å². The Morgan fingerprint density at radius 2 is 2.10 bits per heavy atom. The normalized spacial score (nSPS) is 11.2. The van der Waals surface area contributed by atoms with Crippen LogP contribution in [0.2, 0.25) is 0 Å². The molecule has 0 saturated heterocycles. The number of benzene rings is 1. The Hall–Kier alpha value is -1.60. The van der Waals surface area contributed by atoms with Gasteiger partial charge in [-0.05, 0) is 43.7 Å². The van der Waals surface area contributed by atoms with Crippen molar-refractivity contribution >= 4 is 31.6 Å². The number of anilines is 1.